The van der Waals surface area contributed by atoms with Crippen molar-refractivity contribution in [3.8, 4) is 17.0 Å². The van der Waals surface area contributed by atoms with Gasteiger partial charge in [0.15, 0.2) is 5.82 Å². The largest absolute Gasteiger partial charge is 0.496 e. The lowest BCUT2D eigenvalue weighted by molar-refractivity contribution is 0.0688. The van der Waals surface area contributed by atoms with Crippen LogP contribution in [0, 0.1) is 6.92 Å². The van der Waals surface area contributed by atoms with Crippen LogP contribution in [0.3, 0.4) is 0 Å². The second kappa shape index (κ2) is 4.97. The minimum atomic E-state index is -1.06. The van der Waals surface area contributed by atoms with Crippen LogP contribution in [-0.4, -0.2) is 22.2 Å². The van der Waals surface area contributed by atoms with Gasteiger partial charge in [-0.05, 0) is 39.0 Å². The number of aryl methyl sites for hydroxylation is 1. The van der Waals surface area contributed by atoms with E-state index in [0.717, 1.165) is 22.6 Å². The Bertz CT molecular complexity index is 589. The van der Waals surface area contributed by atoms with Crippen molar-refractivity contribution in [1.29, 1.82) is 0 Å². The molecule has 1 heterocycles. The van der Waals surface area contributed by atoms with E-state index >= 15 is 0 Å². The maximum Gasteiger partial charge on any atom is 0.160 e. The van der Waals surface area contributed by atoms with Gasteiger partial charge < -0.3 is 9.84 Å². The van der Waals surface area contributed by atoms with Crippen LogP contribution in [0.4, 0.5) is 0 Å². The zero-order chi connectivity index (χ0) is 14.0. The summed E-state index contributed by atoms with van der Waals surface area (Å²) in [6.07, 6.45) is 1.65. The van der Waals surface area contributed by atoms with E-state index in [9.17, 15) is 5.11 Å². The third-order valence-corrected chi connectivity index (χ3v) is 2.83. The van der Waals surface area contributed by atoms with Gasteiger partial charge in [0.1, 0.15) is 11.4 Å². The van der Waals surface area contributed by atoms with Crippen LogP contribution in [0.5, 0.6) is 5.75 Å². The highest BCUT2D eigenvalue weighted by atomic mass is 16.5. The molecule has 0 spiro atoms. The van der Waals surface area contributed by atoms with Crippen LogP contribution in [0.15, 0.2) is 30.5 Å². The van der Waals surface area contributed by atoms with Crippen molar-refractivity contribution in [3.63, 3.8) is 0 Å². The standard InChI is InChI=1S/C15H18N2O2/c1-10-5-6-13(19-4)11(9-10)12-7-8-16-14(17-12)15(2,3)18/h5-9,18H,1-4H3. The highest BCUT2D eigenvalue weighted by Gasteiger charge is 2.20. The van der Waals surface area contributed by atoms with E-state index in [2.05, 4.69) is 9.97 Å². The van der Waals surface area contributed by atoms with Gasteiger partial charge in [-0.3, -0.25) is 0 Å². The van der Waals surface area contributed by atoms with Crippen molar-refractivity contribution in [2.24, 2.45) is 0 Å². The van der Waals surface area contributed by atoms with E-state index in [4.69, 9.17) is 4.74 Å². The molecule has 1 aromatic carbocycles. The fourth-order valence-electron chi connectivity index (χ4n) is 1.83. The molecule has 0 aliphatic heterocycles. The predicted molar refractivity (Wildman–Crippen MR) is 74.0 cm³/mol. The third kappa shape index (κ3) is 2.90. The first-order valence-corrected chi connectivity index (χ1v) is 6.13. The van der Waals surface area contributed by atoms with E-state index < -0.39 is 5.60 Å². The second-order valence-electron chi connectivity index (χ2n) is 5.03. The van der Waals surface area contributed by atoms with E-state index in [0.29, 0.717) is 5.82 Å². The van der Waals surface area contributed by atoms with Crippen LogP contribution in [0.25, 0.3) is 11.3 Å². The lowest BCUT2D eigenvalue weighted by Crippen LogP contribution is -2.19. The summed E-state index contributed by atoms with van der Waals surface area (Å²) in [6, 6.07) is 7.72. The van der Waals surface area contributed by atoms with E-state index in [1.165, 1.54) is 0 Å². The number of ether oxygens (including phenoxy) is 1. The average molecular weight is 258 g/mol. The van der Waals surface area contributed by atoms with Gasteiger partial charge in [-0.15, -0.1) is 0 Å². The molecular weight excluding hydrogens is 240 g/mol. The van der Waals surface area contributed by atoms with Crippen LogP contribution in [0.2, 0.25) is 0 Å². The normalized spacial score (nSPS) is 11.4. The third-order valence-electron chi connectivity index (χ3n) is 2.83. The molecule has 19 heavy (non-hydrogen) atoms. The average Bonchev–Trinajstić information content (AvgIpc) is 2.38. The molecule has 0 amide bonds. The zero-order valence-corrected chi connectivity index (χ0v) is 11.6. The van der Waals surface area contributed by atoms with Crippen LogP contribution in [0.1, 0.15) is 25.2 Å². The summed E-state index contributed by atoms with van der Waals surface area (Å²) < 4.78 is 5.36. The van der Waals surface area contributed by atoms with Gasteiger partial charge >= 0.3 is 0 Å². The van der Waals surface area contributed by atoms with E-state index in [1.54, 1.807) is 27.2 Å². The summed E-state index contributed by atoms with van der Waals surface area (Å²) in [5.41, 5.74) is 1.70. The molecule has 0 saturated carbocycles. The number of methoxy groups -OCH3 is 1. The number of benzene rings is 1. The molecule has 0 saturated heterocycles. The monoisotopic (exact) mass is 258 g/mol. The lowest BCUT2D eigenvalue weighted by Gasteiger charge is -2.16. The number of hydrogen-bond acceptors (Lipinski definition) is 4. The summed E-state index contributed by atoms with van der Waals surface area (Å²) >= 11 is 0. The van der Waals surface area contributed by atoms with Crippen molar-refractivity contribution in [1.82, 2.24) is 9.97 Å². The van der Waals surface area contributed by atoms with E-state index in [-0.39, 0.29) is 0 Å². The zero-order valence-electron chi connectivity index (χ0n) is 11.6. The maximum absolute atomic E-state index is 9.99. The number of hydrogen-bond donors (Lipinski definition) is 1. The van der Waals surface area contributed by atoms with Crippen LogP contribution < -0.4 is 4.74 Å². The van der Waals surface area contributed by atoms with Gasteiger partial charge in [0.2, 0.25) is 0 Å². The first-order valence-electron chi connectivity index (χ1n) is 6.13. The Hall–Kier alpha value is -1.94. The highest BCUT2D eigenvalue weighted by molar-refractivity contribution is 5.67. The lowest BCUT2D eigenvalue weighted by atomic mass is 10.1. The number of rotatable bonds is 3. The molecule has 4 heteroatoms. The first kappa shape index (κ1) is 13.5. The van der Waals surface area contributed by atoms with Crippen molar-refractivity contribution >= 4 is 0 Å². The second-order valence-corrected chi connectivity index (χ2v) is 5.03. The molecule has 0 atom stereocenters. The van der Waals surface area contributed by atoms with Gasteiger partial charge in [0.05, 0.1) is 12.8 Å². The fourth-order valence-corrected chi connectivity index (χ4v) is 1.83. The summed E-state index contributed by atoms with van der Waals surface area (Å²) in [5.74, 6) is 1.15. The minimum Gasteiger partial charge on any atom is -0.496 e. The van der Waals surface area contributed by atoms with Gasteiger partial charge in [0.25, 0.3) is 0 Å². The fraction of sp³-hybridized carbons (Fsp3) is 0.333. The molecule has 1 aromatic heterocycles. The molecule has 0 aliphatic rings. The Morgan fingerprint density at radius 1 is 1.21 bits per heavy atom. The van der Waals surface area contributed by atoms with Crippen molar-refractivity contribution in [3.05, 3.63) is 41.9 Å². The molecule has 100 valence electrons. The van der Waals surface area contributed by atoms with Crippen molar-refractivity contribution in [2.45, 2.75) is 26.4 Å². The molecule has 0 bridgehead atoms. The smallest absolute Gasteiger partial charge is 0.160 e. The summed E-state index contributed by atoms with van der Waals surface area (Å²) in [5, 5.41) is 9.99. The van der Waals surface area contributed by atoms with Gasteiger partial charge in [-0.1, -0.05) is 11.6 Å². The molecule has 0 aliphatic carbocycles. The van der Waals surface area contributed by atoms with Crippen LogP contribution >= 0.6 is 0 Å². The Kier molecular flexibility index (Phi) is 3.53. The quantitative estimate of drug-likeness (QED) is 0.919. The number of aromatic nitrogens is 2. The Morgan fingerprint density at radius 3 is 2.58 bits per heavy atom. The minimum absolute atomic E-state index is 0.397. The Morgan fingerprint density at radius 2 is 1.95 bits per heavy atom. The molecule has 2 rings (SSSR count). The Balaban J connectivity index is 2.56. The first-order chi connectivity index (χ1) is 8.91. The van der Waals surface area contributed by atoms with Crippen molar-refractivity contribution < 1.29 is 9.84 Å². The molecule has 0 fully saturated rings. The highest BCUT2D eigenvalue weighted by Crippen LogP contribution is 2.30. The summed E-state index contributed by atoms with van der Waals surface area (Å²) in [4.78, 5) is 8.54. The molecular formula is C15H18N2O2. The summed E-state index contributed by atoms with van der Waals surface area (Å²) in [7, 11) is 1.63. The molecule has 2 aromatic rings. The van der Waals surface area contributed by atoms with Gasteiger partial charge in [0, 0.05) is 11.8 Å². The Labute approximate surface area is 113 Å². The topological polar surface area (TPSA) is 55.2 Å². The van der Waals surface area contributed by atoms with Crippen LogP contribution in [-0.2, 0) is 5.60 Å². The van der Waals surface area contributed by atoms with Gasteiger partial charge in [-0.2, -0.15) is 0 Å². The molecule has 0 unspecified atom stereocenters. The molecule has 1 N–H and O–H groups in total. The predicted octanol–water partition coefficient (Wildman–Crippen LogP) is 2.69. The number of aliphatic hydroxyl groups is 1. The summed E-state index contributed by atoms with van der Waals surface area (Å²) in [6.45, 7) is 5.35. The van der Waals surface area contributed by atoms with Gasteiger partial charge in [-0.25, -0.2) is 9.97 Å². The maximum atomic E-state index is 9.99. The molecule has 4 nitrogen and oxygen atoms in total. The molecule has 0 radical (unpaired) electrons. The SMILES string of the molecule is COc1ccc(C)cc1-c1ccnc(C(C)(C)O)n1. The van der Waals surface area contributed by atoms with Crippen molar-refractivity contribution in [2.75, 3.05) is 7.11 Å². The van der Waals surface area contributed by atoms with E-state index in [1.807, 2.05) is 31.2 Å². The number of nitrogens with zero attached hydrogens (tertiary/aromatic N) is 2.